The lowest BCUT2D eigenvalue weighted by atomic mass is 9.82. The molecule has 1 aliphatic heterocycles. The van der Waals surface area contributed by atoms with Crippen LogP contribution in [0.1, 0.15) is 61.0 Å². The van der Waals surface area contributed by atoms with Crippen molar-refractivity contribution in [2.45, 2.75) is 46.5 Å². The highest BCUT2D eigenvalue weighted by molar-refractivity contribution is 7.15. The Morgan fingerprint density at radius 1 is 1.21 bits per heavy atom. The number of methoxy groups -OCH3 is 1. The lowest BCUT2D eigenvalue weighted by Crippen LogP contribution is -2.49. The molecule has 1 saturated carbocycles. The van der Waals surface area contributed by atoms with Gasteiger partial charge in [0.2, 0.25) is 11.8 Å². The van der Waals surface area contributed by atoms with Gasteiger partial charge in [-0.1, -0.05) is 32.6 Å². The summed E-state index contributed by atoms with van der Waals surface area (Å²) in [5, 5.41) is 0. The first-order valence-corrected chi connectivity index (χ1v) is 12.5. The van der Waals surface area contributed by atoms with E-state index >= 15 is 0 Å². The number of hydrogen-bond acceptors (Lipinski definition) is 6. The molecule has 0 bridgehead atoms. The summed E-state index contributed by atoms with van der Waals surface area (Å²) in [6, 6.07) is 1.75. The first-order chi connectivity index (χ1) is 15.8. The Bertz CT molecular complexity index is 915. The van der Waals surface area contributed by atoms with Gasteiger partial charge in [0.1, 0.15) is 11.4 Å². The molecular weight excluding hydrogens is 440 g/mol. The maximum absolute atomic E-state index is 13.7. The summed E-state index contributed by atoms with van der Waals surface area (Å²) in [6.07, 6.45) is 3.56. The van der Waals surface area contributed by atoms with Crippen molar-refractivity contribution >= 4 is 34.8 Å². The average Bonchev–Trinajstić information content (AvgIpc) is 3.25. The molecule has 33 heavy (non-hydrogen) atoms. The highest BCUT2D eigenvalue weighted by atomic mass is 32.1. The molecule has 0 unspecified atom stereocenters. The lowest BCUT2D eigenvalue weighted by Gasteiger charge is -2.33. The zero-order valence-electron chi connectivity index (χ0n) is 20.0. The number of thiophene rings is 1. The second kappa shape index (κ2) is 11.7. The Morgan fingerprint density at radius 2 is 1.88 bits per heavy atom. The SMILES string of the molecule is COC(=O)c1sc(C#CC(C)C)cc1N(CC(=O)N1CCOCC1)C(=O)C1CCC(C)CC1. The van der Waals surface area contributed by atoms with Crippen molar-refractivity contribution in [1.29, 1.82) is 0 Å². The Kier molecular flexibility index (Phi) is 8.93. The summed E-state index contributed by atoms with van der Waals surface area (Å²) in [5.74, 6) is 6.03. The van der Waals surface area contributed by atoms with E-state index in [-0.39, 0.29) is 30.2 Å². The topological polar surface area (TPSA) is 76.2 Å². The molecule has 180 valence electrons. The van der Waals surface area contributed by atoms with Crippen LogP contribution in [0.25, 0.3) is 0 Å². The van der Waals surface area contributed by atoms with Crippen molar-refractivity contribution in [2.24, 2.45) is 17.8 Å². The number of nitrogens with zero attached hydrogens (tertiary/aromatic N) is 2. The largest absolute Gasteiger partial charge is 0.465 e. The van der Waals surface area contributed by atoms with Crippen LogP contribution in [-0.2, 0) is 19.1 Å². The fraction of sp³-hybridized carbons (Fsp3) is 0.640. The second-order valence-corrected chi connectivity index (χ2v) is 10.2. The van der Waals surface area contributed by atoms with Gasteiger partial charge in [-0.15, -0.1) is 11.3 Å². The highest BCUT2D eigenvalue weighted by Gasteiger charge is 2.34. The van der Waals surface area contributed by atoms with E-state index in [0.717, 1.165) is 25.7 Å². The summed E-state index contributed by atoms with van der Waals surface area (Å²) in [5.41, 5.74) is 0.421. The molecule has 2 aliphatic rings. The first-order valence-electron chi connectivity index (χ1n) is 11.7. The summed E-state index contributed by atoms with van der Waals surface area (Å²) in [7, 11) is 1.32. The summed E-state index contributed by atoms with van der Waals surface area (Å²) in [4.78, 5) is 43.6. The van der Waals surface area contributed by atoms with E-state index in [1.54, 1.807) is 11.0 Å². The maximum Gasteiger partial charge on any atom is 0.350 e. The van der Waals surface area contributed by atoms with Gasteiger partial charge in [0, 0.05) is 24.9 Å². The fourth-order valence-corrected chi connectivity index (χ4v) is 5.10. The Labute approximate surface area is 200 Å². The monoisotopic (exact) mass is 474 g/mol. The van der Waals surface area contributed by atoms with E-state index in [9.17, 15) is 14.4 Å². The van der Waals surface area contributed by atoms with Crippen LogP contribution in [0.15, 0.2) is 6.07 Å². The van der Waals surface area contributed by atoms with Crippen LogP contribution in [0, 0.1) is 29.6 Å². The minimum atomic E-state index is -0.526. The molecule has 1 saturated heterocycles. The van der Waals surface area contributed by atoms with E-state index in [2.05, 4.69) is 18.8 Å². The van der Waals surface area contributed by atoms with Crippen LogP contribution in [0.4, 0.5) is 5.69 Å². The number of carbonyl (C=O) groups excluding carboxylic acids is 3. The molecule has 2 fully saturated rings. The van der Waals surface area contributed by atoms with Gasteiger partial charge in [-0.3, -0.25) is 9.59 Å². The van der Waals surface area contributed by atoms with Crippen molar-refractivity contribution in [2.75, 3.05) is 44.9 Å². The lowest BCUT2D eigenvalue weighted by molar-refractivity contribution is -0.135. The minimum Gasteiger partial charge on any atom is -0.465 e. The van der Waals surface area contributed by atoms with Gasteiger partial charge in [0.15, 0.2) is 0 Å². The summed E-state index contributed by atoms with van der Waals surface area (Å²) >= 11 is 1.20. The van der Waals surface area contributed by atoms with E-state index in [1.165, 1.54) is 23.3 Å². The van der Waals surface area contributed by atoms with Gasteiger partial charge in [-0.05, 0) is 37.7 Å². The third kappa shape index (κ3) is 6.58. The molecule has 1 aromatic heterocycles. The van der Waals surface area contributed by atoms with Gasteiger partial charge >= 0.3 is 5.97 Å². The molecular formula is C25H34N2O5S. The molecule has 0 spiro atoms. The maximum atomic E-state index is 13.7. The van der Waals surface area contributed by atoms with Crippen molar-refractivity contribution in [3.8, 4) is 11.8 Å². The Morgan fingerprint density at radius 3 is 2.48 bits per heavy atom. The molecule has 0 aromatic carbocycles. The zero-order valence-corrected chi connectivity index (χ0v) is 20.8. The molecule has 0 N–H and O–H groups in total. The van der Waals surface area contributed by atoms with Crippen LogP contribution in [0.2, 0.25) is 0 Å². The second-order valence-electron chi connectivity index (χ2n) is 9.11. The number of esters is 1. The van der Waals surface area contributed by atoms with Crippen molar-refractivity contribution < 1.29 is 23.9 Å². The van der Waals surface area contributed by atoms with Crippen molar-refractivity contribution in [3.05, 3.63) is 15.8 Å². The predicted molar refractivity (Wildman–Crippen MR) is 128 cm³/mol. The number of carbonyl (C=O) groups is 3. The van der Waals surface area contributed by atoms with Gasteiger partial charge in [0.05, 0.1) is 30.9 Å². The first kappa shape index (κ1) is 25.3. The molecule has 2 heterocycles. The third-order valence-electron chi connectivity index (χ3n) is 6.15. The molecule has 7 nitrogen and oxygen atoms in total. The van der Waals surface area contributed by atoms with Gasteiger partial charge < -0.3 is 19.3 Å². The molecule has 1 aromatic rings. The van der Waals surface area contributed by atoms with E-state index in [0.29, 0.717) is 47.7 Å². The number of ether oxygens (including phenoxy) is 2. The van der Waals surface area contributed by atoms with Crippen LogP contribution in [0.5, 0.6) is 0 Å². The van der Waals surface area contributed by atoms with Crippen molar-refractivity contribution in [1.82, 2.24) is 4.90 Å². The van der Waals surface area contributed by atoms with Gasteiger partial charge in [-0.25, -0.2) is 4.79 Å². The van der Waals surface area contributed by atoms with Crippen LogP contribution in [-0.4, -0.2) is 62.6 Å². The van der Waals surface area contributed by atoms with E-state index in [1.807, 2.05) is 13.8 Å². The quantitative estimate of drug-likeness (QED) is 0.482. The zero-order chi connectivity index (χ0) is 24.0. The molecule has 8 heteroatoms. The molecule has 0 radical (unpaired) electrons. The smallest absolute Gasteiger partial charge is 0.350 e. The van der Waals surface area contributed by atoms with Gasteiger partial charge in [-0.2, -0.15) is 0 Å². The Hall–Kier alpha value is -2.37. The number of anilines is 1. The standard InChI is InChI=1S/C25H34N2O5S/c1-17(2)5-10-20-15-21(23(33-20)25(30)31-4)27(16-22(28)26-11-13-32-14-12-26)24(29)19-8-6-18(3)7-9-19/h15,17-19H,6-9,11-14,16H2,1-4H3. The summed E-state index contributed by atoms with van der Waals surface area (Å²) < 4.78 is 10.4. The predicted octanol–water partition coefficient (Wildman–Crippen LogP) is 3.56. The van der Waals surface area contributed by atoms with Crippen LogP contribution >= 0.6 is 11.3 Å². The Balaban J connectivity index is 1.96. The van der Waals surface area contributed by atoms with E-state index < -0.39 is 5.97 Å². The normalized spacial score (nSPS) is 20.7. The van der Waals surface area contributed by atoms with E-state index in [4.69, 9.17) is 9.47 Å². The number of hydrogen-bond donors (Lipinski definition) is 0. The van der Waals surface area contributed by atoms with Crippen LogP contribution in [0.3, 0.4) is 0 Å². The van der Waals surface area contributed by atoms with Crippen molar-refractivity contribution in [3.63, 3.8) is 0 Å². The van der Waals surface area contributed by atoms with Crippen LogP contribution < -0.4 is 4.90 Å². The average molecular weight is 475 g/mol. The number of morpholine rings is 1. The third-order valence-corrected chi connectivity index (χ3v) is 7.17. The molecule has 2 amide bonds. The molecule has 1 aliphatic carbocycles. The number of rotatable bonds is 5. The van der Waals surface area contributed by atoms with Gasteiger partial charge in [0.25, 0.3) is 0 Å². The highest BCUT2D eigenvalue weighted by Crippen LogP contribution is 2.35. The fourth-order valence-electron chi connectivity index (χ4n) is 4.16. The molecule has 3 rings (SSSR count). The minimum absolute atomic E-state index is 0.102. The summed E-state index contributed by atoms with van der Waals surface area (Å²) in [6.45, 7) is 8.05. The number of amides is 2. The molecule has 0 atom stereocenters.